The zero-order valence-electron chi connectivity index (χ0n) is 17.4. The number of rotatable bonds is 5. The van der Waals surface area contributed by atoms with Gasteiger partial charge >= 0.3 is 6.03 Å². The number of carbonyl (C=O) groups excluding carboxylic acids is 1. The van der Waals surface area contributed by atoms with Crippen LogP contribution in [0.2, 0.25) is 0 Å². The Kier molecular flexibility index (Phi) is 5.74. The minimum atomic E-state index is -0.185. The van der Waals surface area contributed by atoms with E-state index in [1.807, 2.05) is 60.4 Å². The lowest BCUT2D eigenvalue weighted by Gasteiger charge is -2.29. The Morgan fingerprint density at radius 1 is 1.13 bits per heavy atom. The second kappa shape index (κ2) is 8.61. The third-order valence-corrected chi connectivity index (χ3v) is 5.79. The average molecular weight is 405 g/mol. The summed E-state index contributed by atoms with van der Waals surface area (Å²) in [4.78, 5) is 30.6. The van der Waals surface area contributed by atoms with E-state index in [2.05, 4.69) is 10.3 Å². The lowest BCUT2D eigenvalue weighted by molar-refractivity contribution is 0.184. The van der Waals surface area contributed by atoms with E-state index in [-0.39, 0.29) is 24.2 Å². The lowest BCUT2D eigenvalue weighted by Crippen LogP contribution is -2.42. The number of urea groups is 1. The fourth-order valence-corrected chi connectivity index (χ4v) is 4.11. The molecule has 0 spiro atoms. The molecule has 0 saturated heterocycles. The molecular formula is C24H27N3O3. The van der Waals surface area contributed by atoms with E-state index < -0.39 is 0 Å². The second-order valence-corrected chi connectivity index (χ2v) is 7.94. The number of aromatic nitrogens is 1. The Balaban J connectivity index is 1.60. The van der Waals surface area contributed by atoms with Crippen molar-refractivity contribution in [3.63, 3.8) is 0 Å². The molecule has 156 valence electrons. The molecule has 1 aliphatic rings. The van der Waals surface area contributed by atoms with E-state index in [0.29, 0.717) is 11.3 Å². The first-order chi connectivity index (χ1) is 14.5. The van der Waals surface area contributed by atoms with Crippen LogP contribution in [0.15, 0.2) is 53.3 Å². The molecular weight excluding hydrogens is 378 g/mol. The monoisotopic (exact) mass is 405 g/mol. The SMILES string of the molecule is COc1ccc(NC(=O)N(Cc2cc3ccc(C)cc3[nH]c2=O)C2CCCC2)cc1. The molecule has 30 heavy (non-hydrogen) atoms. The van der Waals surface area contributed by atoms with E-state index in [1.54, 1.807) is 7.11 Å². The summed E-state index contributed by atoms with van der Waals surface area (Å²) in [6.45, 7) is 2.28. The van der Waals surface area contributed by atoms with Gasteiger partial charge in [0, 0.05) is 22.8 Å². The maximum absolute atomic E-state index is 13.1. The smallest absolute Gasteiger partial charge is 0.322 e. The number of hydrogen-bond acceptors (Lipinski definition) is 3. The Hall–Kier alpha value is -3.28. The van der Waals surface area contributed by atoms with Crippen molar-refractivity contribution < 1.29 is 9.53 Å². The molecule has 1 heterocycles. The third-order valence-electron chi connectivity index (χ3n) is 5.79. The summed E-state index contributed by atoms with van der Waals surface area (Å²) in [7, 11) is 1.61. The first kappa shape index (κ1) is 20.0. The molecule has 0 atom stereocenters. The number of aryl methyl sites for hydroxylation is 1. The number of amides is 2. The molecule has 1 aliphatic carbocycles. The van der Waals surface area contributed by atoms with Gasteiger partial charge in [-0.15, -0.1) is 0 Å². The van der Waals surface area contributed by atoms with Crippen molar-refractivity contribution >= 4 is 22.6 Å². The number of carbonyl (C=O) groups is 1. The van der Waals surface area contributed by atoms with Crippen LogP contribution < -0.4 is 15.6 Å². The van der Waals surface area contributed by atoms with Crippen LogP contribution in [0, 0.1) is 6.92 Å². The summed E-state index contributed by atoms with van der Waals surface area (Å²) < 4.78 is 5.18. The third kappa shape index (κ3) is 4.32. The summed E-state index contributed by atoms with van der Waals surface area (Å²) in [6, 6.07) is 15.1. The summed E-state index contributed by atoms with van der Waals surface area (Å²) >= 11 is 0. The number of anilines is 1. The van der Waals surface area contributed by atoms with Crippen molar-refractivity contribution in [2.75, 3.05) is 12.4 Å². The van der Waals surface area contributed by atoms with Crippen LogP contribution in [-0.2, 0) is 6.54 Å². The van der Waals surface area contributed by atoms with Gasteiger partial charge in [-0.1, -0.05) is 25.0 Å². The molecule has 4 rings (SSSR count). The van der Waals surface area contributed by atoms with Gasteiger partial charge in [-0.2, -0.15) is 0 Å². The highest BCUT2D eigenvalue weighted by molar-refractivity contribution is 5.89. The normalized spacial score (nSPS) is 14.1. The topological polar surface area (TPSA) is 74.4 Å². The van der Waals surface area contributed by atoms with Crippen LogP contribution in [0.1, 0.15) is 36.8 Å². The average Bonchev–Trinajstić information content (AvgIpc) is 3.27. The number of nitrogens with one attached hydrogen (secondary N) is 2. The molecule has 1 aromatic heterocycles. The Labute approximate surface area is 175 Å². The minimum absolute atomic E-state index is 0.136. The predicted octanol–water partition coefficient (Wildman–Crippen LogP) is 4.82. The summed E-state index contributed by atoms with van der Waals surface area (Å²) in [5, 5.41) is 3.94. The predicted molar refractivity (Wildman–Crippen MR) is 119 cm³/mol. The van der Waals surface area contributed by atoms with Crippen LogP contribution in [0.5, 0.6) is 5.75 Å². The number of benzene rings is 2. The van der Waals surface area contributed by atoms with Gasteiger partial charge in [-0.05, 0) is 67.1 Å². The molecule has 0 bridgehead atoms. The number of methoxy groups -OCH3 is 1. The van der Waals surface area contributed by atoms with Gasteiger partial charge in [0.25, 0.3) is 5.56 Å². The highest BCUT2D eigenvalue weighted by atomic mass is 16.5. The molecule has 2 amide bonds. The molecule has 0 aliphatic heterocycles. The van der Waals surface area contributed by atoms with Crippen LogP contribution in [-0.4, -0.2) is 29.1 Å². The molecule has 2 aromatic carbocycles. The molecule has 1 saturated carbocycles. The maximum Gasteiger partial charge on any atom is 0.322 e. The largest absolute Gasteiger partial charge is 0.497 e. The summed E-state index contributed by atoms with van der Waals surface area (Å²) in [5.74, 6) is 0.735. The van der Waals surface area contributed by atoms with Crippen LogP contribution >= 0.6 is 0 Å². The number of H-pyrrole nitrogens is 1. The maximum atomic E-state index is 13.1. The molecule has 3 aromatic rings. The van der Waals surface area contributed by atoms with E-state index in [0.717, 1.165) is 47.9 Å². The van der Waals surface area contributed by atoms with Gasteiger partial charge in [0.05, 0.1) is 13.7 Å². The van der Waals surface area contributed by atoms with E-state index in [1.165, 1.54) is 0 Å². The second-order valence-electron chi connectivity index (χ2n) is 7.94. The lowest BCUT2D eigenvalue weighted by atomic mass is 10.1. The van der Waals surface area contributed by atoms with E-state index in [9.17, 15) is 9.59 Å². The zero-order valence-corrected chi connectivity index (χ0v) is 17.4. The number of hydrogen-bond donors (Lipinski definition) is 2. The van der Waals surface area contributed by atoms with Crippen LogP contribution in [0.4, 0.5) is 10.5 Å². The van der Waals surface area contributed by atoms with Crippen LogP contribution in [0.3, 0.4) is 0 Å². The number of fused-ring (bicyclic) bond motifs is 1. The molecule has 6 nitrogen and oxygen atoms in total. The molecule has 2 N–H and O–H groups in total. The van der Waals surface area contributed by atoms with Gasteiger partial charge in [-0.25, -0.2) is 4.79 Å². The highest BCUT2D eigenvalue weighted by Crippen LogP contribution is 2.26. The molecule has 0 radical (unpaired) electrons. The van der Waals surface area contributed by atoms with Crippen molar-refractivity contribution in [3.05, 3.63) is 70.0 Å². The fourth-order valence-electron chi connectivity index (χ4n) is 4.11. The van der Waals surface area contributed by atoms with Gasteiger partial charge in [0.15, 0.2) is 0 Å². The van der Waals surface area contributed by atoms with Crippen molar-refractivity contribution in [2.24, 2.45) is 0 Å². The van der Waals surface area contributed by atoms with E-state index in [4.69, 9.17) is 4.74 Å². The van der Waals surface area contributed by atoms with Gasteiger partial charge in [0.2, 0.25) is 0 Å². The molecule has 0 unspecified atom stereocenters. The van der Waals surface area contributed by atoms with Gasteiger partial charge in [0.1, 0.15) is 5.75 Å². The number of aromatic amines is 1. The highest BCUT2D eigenvalue weighted by Gasteiger charge is 2.27. The Morgan fingerprint density at radius 2 is 1.87 bits per heavy atom. The fraction of sp³-hybridized carbons (Fsp3) is 0.333. The van der Waals surface area contributed by atoms with Crippen LogP contribution in [0.25, 0.3) is 10.9 Å². The number of ether oxygens (including phenoxy) is 1. The first-order valence-electron chi connectivity index (χ1n) is 10.4. The number of pyridine rings is 1. The standard InChI is InChI=1S/C24H27N3O3/c1-16-7-8-17-14-18(23(28)26-22(17)13-16)15-27(20-5-3-4-6-20)24(29)25-19-9-11-21(30-2)12-10-19/h7-14,20H,3-6,15H2,1-2H3,(H,25,29)(H,26,28). The van der Waals surface area contributed by atoms with Crippen molar-refractivity contribution in [2.45, 2.75) is 45.2 Å². The van der Waals surface area contributed by atoms with E-state index >= 15 is 0 Å². The molecule has 6 heteroatoms. The van der Waals surface area contributed by atoms with Gasteiger partial charge in [-0.3, -0.25) is 4.79 Å². The summed E-state index contributed by atoms with van der Waals surface area (Å²) in [6.07, 6.45) is 4.12. The first-order valence-corrected chi connectivity index (χ1v) is 10.4. The van der Waals surface area contributed by atoms with Crippen molar-refractivity contribution in [1.29, 1.82) is 0 Å². The Morgan fingerprint density at radius 3 is 2.57 bits per heavy atom. The number of nitrogens with zero attached hydrogens (tertiary/aromatic N) is 1. The van der Waals surface area contributed by atoms with Gasteiger partial charge < -0.3 is 19.9 Å². The summed E-state index contributed by atoms with van der Waals surface area (Å²) in [5.41, 5.74) is 3.07. The van der Waals surface area contributed by atoms with Crippen molar-refractivity contribution in [1.82, 2.24) is 9.88 Å². The Bertz CT molecular complexity index is 1100. The minimum Gasteiger partial charge on any atom is -0.497 e. The molecule has 1 fully saturated rings. The zero-order chi connectivity index (χ0) is 21.1. The van der Waals surface area contributed by atoms with Crippen molar-refractivity contribution in [3.8, 4) is 5.75 Å². The quantitative estimate of drug-likeness (QED) is 0.639.